The average Bonchev–Trinajstić information content (AvgIpc) is 2.47. The Labute approximate surface area is 101 Å². The molecule has 0 radical (unpaired) electrons. The number of halogens is 2. The van der Waals surface area contributed by atoms with Crippen LogP contribution in [0.2, 0.25) is 4.34 Å². The fourth-order valence-corrected chi connectivity index (χ4v) is 2.28. The summed E-state index contributed by atoms with van der Waals surface area (Å²) in [4.78, 5) is 1.20. The maximum absolute atomic E-state index is 6.01. The van der Waals surface area contributed by atoms with E-state index < -0.39 is 0 Å². The minimum absolute atomic E-state index is 0. The fourth-order valence-electron chi connectivity index (χ4n) is 1.18. The van der Waals surface area contributed by atoms with Crippen LogP contribution in [0.15, 0.2) is 12.1 Å². The lowest BCUT2D eigenvalue weighted by molar-refractivity contribution is 0.510. The summed E-state index contributed by atoms with van der Waals surface area (Å²) < 4.78 is 0.829. The monoisotopic (exact) mass is 253 g/mol. The van der Waals surface area contributed by atoms with Crippen molar-refractivity contribution in [2.75, 3.05) is 0 Å². The third-order valence-electron chi connectivity index (χ3n) is 2.01. The molecular weight excluding hydrogens is 237 g/mol. The molecular formula is C10H17Cl2NS. The van der Waals surface area contributed by atoms with E-state index in [0.29, 0.717) is 0 Å². The molecule has 82 valence electrons. The lowest BCUT2D eigenvalue weighted by Gasteiger charge is -2.10. The van der Waals surface area contributed by atoms with E-state index in [-0.39, 0.29) is 18.4 Å². The predicted octanol–water partition coefficient (Wildman–Crippen LogP) is 4.26. The van der Waals surface area contributed by atoms with E-state index in [1.54, 1.807) is 11.3 Å². The predicted molar refractivity (Wildman–Crippen MR) is 67.6 cm³/mol. The van der Waals surface area contributed by atoms with Gasteiger partial charge in [0.15, 0.2) is 0 Å². The van der Waals surface area contributed by atoms with Crippen LogP contribution in [0, 0.1) is 5.92 Å². The Balaban J connectivity index is 0.00000169. The first-order chi connectivity index (χ1) is 6.09. The van der Waals surface area contributed by atoms with Crippen molar-refractivity contribution >= 4 is 35.3 Å². The number of nitrogens with two attached hydrogens (primary N) is 1. The molecule has 0 aromatic carbocycles. The van der Waals surface area contributed by atoms with E-state index in [2.05, 4.69) is 13.8 Å². The zero-order chi connectivity index (χ0) is 9.84. The highest BCUT2D eigenvalue weighted by Gasteiger charge is 2.08. The molecule has 4 heteroatoms. The maximum atomic E-state index is 6.01. The summed E-state index contributed by atoms with van der Waals surface area (Å²) in [6.07, 6.45) is 2.23. The average molecular weight is 254 g/mol. The summed E-state index contributed by atoms with van der Waals surface area (Å²) in [5.41, 5.74) is 6.01. The molecule has 1 rings (SSSR count). The molecule has 1 aromatic rings. The van der Waals surface area contributed by atoms with Crippen molar-refractivity contribution < 1.29 is 0 Å². The van der Waals surface area contributed by atoms with Gasteiger partial charge in [-0.3, -0.25) is 0 Å². The lowest BCUT2D eigenvalue weighted by atomic mass is 10.0. The second-order valence-corrected chi connectivity index (χ2v) is 5.47. The number of rotatable bonds is 4. The number of hydrogen-bond acceptors (Lipinski definition) is 2. The molecule has 1 heterocycles. The smallest absolute Gasteiger partial charge is 0.0931 e. The summed E-state index contributed by atoms with van der Waals surface area (Å²) in [7, 11) is 0. The van der Waals surface area contributed by atoms with E-state index in [4.69, 9.17) is 17.3 Å². The van der Waals surface area contributed by atoms with Crippen LogP contribution in [0.4, 0.5) is 0 Å². The Bertz CT molecular complexity index is 260. The van der Waals surface area contributed by atoms with Crippen LogP contribution in [-0.2, 0) is 0 Å². The van der Waals surface area contributed by atoms with Gasteiger partial charge in [0.25, 0.3) is 0 Å². The summed E-state index contributed by atoms with van der Waals surface area (Å²) >= 11 is 7.42. The third-order valence-corrected chi connectivity index (χ3v) is 3.38. The van der Waals surface area contributed by atoms with Gasteiger partial charge in [0.1, 0.15) is 0 Å². The highest BCUT2D eigenvalue weighted by atomic mass is 35.5. The van der Waals surface area contributed by atoms with Gasteiger partial charge in [-0.25, -0.2) is 0 Å². The van der Waals surface area contributed by atoms with Crippen LogP contribution >= 0.6 is 35.3 Å². The molecule has 0 aliphatic rings. The van der Waals surface area contributed by atoms with Crippen LogP contribution in [-0.4, -0.2) is 0 Å². The van der Waals surface area contributed by atoms with E-state index in [1.165, 1.54) is 11.3 Å². The third kappa shape index (κ3) is 4.65. The molecule has 0 saturated heterocycles. The lowest BCUT2D eigenvalue weighted by Crippen LogP contribution is -2.09. The summed E-state index contributed by atoms with van der Waals surface area (Å²) in [6.45, 7) is 4.43. The molecule has 0 spiro atoms. The van der Waals surface area contributed by atoms with Gasteiger partial charge < -0.3 is 5.73 Å². The van der Waals surface area contributed by atoms with Crippen LogP contribution in [0.5, 0.6) is 0 Å². The molecule has 14 heavy (non-hydrogen) atoms. The fraction of sp³-hybridized carbons (Fsp3) is 0.600. The Hall–Kier alpha value is 0.240. The second-order valence-electron chi connectivity index (χ2n) is 3.72. The second kappa shape index (κ2) is 6.67. The Morgan fingerprint density at radius 3 is 2.43 bits per heavy atom. The standard InChI is InChI=1S/C10H16ClNS.ClH/c1-7(2)3-4-8(12)9-5-6-10(11)13-9;/h5-8H,3-4,12H2,1-2H3;1H/t8-;/m1./s1. The van der Waals surface area contributed by atoms with Gasteiger partial charge in [-0.05, 0) is 30.9 Å². The largest absolute Gasteiger partial charge is 0.323 e. The van der Waals surface area contributed by atoms with Gasteiger partial charge in [-0.1, -0.05) is 25.4 Å². The molecule has 0 fully saturated rings. The van der Waals surface area contributed by atoms with E-state index in [9.17, 15) is 0 Å². The van der Waals surface area contributed by atoms with E-state index in [0.717, 1.165) is 16.7 Å². The van der Waals surface area contributed by atoms with Gasteiger partial charge in [0.05, 0.1) is 4.34 Å². The first kappa shape index (κ1) is 14.2. The van der Waals surface area contributed by atoms with E-state index in [1.807, 2.05) is 12.1 Å². The molecule has 1 nitrogen and oxygen atoms in total. The van der Waals surface area contributed by atoms with Crippen molar-refractivity contribution in [1.82, 2.24) is 0 Å². The Kier molecular flexibility index (Phi) is 6.79. The van der Waals surface area contributed by atoms with Crippen molar-refractivity contribution in [3.05, 3.63) is 21.3 Å². The van der Waals surface area contributed by atoms with Gasteiger partial charge >= 0.3 is 0 Å². The molecule has 0 unspecified atom stereocenters. The quantitative estimate of drug-likeness (QED) is 0.853. The first-order valence-electron chi connectivity index (χ1n) is 4.60. The Morgan fingerprint density at radius 2 is 2.00 bits per heavy atom. The summed E-state index contributed by atoms with van der Waals surface area (Å²) in [6, 6.07) is 4.11. The highest BCUT2D eigenvalue weighted by Crippen LogP contribution is 2.28. The molecule has 0 bridgehead atoms. The molecule has 1 aromatic heterocycles. The van der Waals surface area contributed by atoms with Crippen LogP contribution in [0.25, 0.3) is 0 Å². The topological polar surface area (TPSA) is 26.0 Å². The van der Waals surface area contributed by atoms with Gasteiger partial charge in [0.2, 0.25) is 0 Å². The number of hydrogen-bond donors (Lipinski definition) is 1. The first-order valence-corrected chi connectivity index (χ1v) is 5.80. The molecule has 0 aliphatic carbocycles. The molecule has 0 saturated carbocycles. The number of thiophene rings is 1. The zero-order valence-electron chi connectivity index (χ0n) is 8.50. The minimum Gasteiger partial charge on any atom is -0.323 e. The summed E-state index contributed by atoms with van der Waals surface area (Å²) in [5, 5.41) is 0. The normalized spacial score (nSPS) is 12.6. The molecule has 1 atom stereocenters. The van der Waals surface area contributed by atoms with Crippen molar-refractivity contribution in [2.24, 2.45) is 11.7 Å². The van der Waals surface area contributed by atoms with Gasteiger partial charge in [-0.2, -0.15) is 0 Å². The van der Waals surface area contributed by atoms with Crippen LogP contribution < -0.4 is 5.73 Å². The van der Waals surface area contributed by atoms with Crippen molar-refractivity contribution in [3.8, 4) is 0 Å². The molecule has 0 amide bonds. The van der Waals surface area contributed by atoms with Gasteiger partial charge in [0, 0.05) is 10.9 Å². The summed E-state index contributed by atoms with van der Waals surface area (Å²) in [5.74, 6) is 0.724. The maximum Gasteiger partial charge on any atom is 0.0931 e. The van der Waals surface area contributed by atoms with Gasteiger partial charge in [-0.15, -0.1) is 23.7 Å². The van der Waals surface area contributed by atoms with E-state index >= 15 is 0 Å². The zero-order valence-corrected chi connectivity index (χ0v) is 10.9. The van der Waals surface area contributed by atoms with Crippen molar-refractivity contribution in [1.29, 1.82) is 0 Å². The highest BCUT2D eigenvalue weighted by molar-refractivity contribution is 7.16. The minimum atomic E-state index is 0. The Morgan fingerprint density at radius 1 is 1.36 bits per heavy atom. The molecule has 2 N–H and O–H groups in total. The van der Waals surface area contributed by atoms with Crippen molar-refractivity contribution in [2.45, 2.75) is 32.7 Å². The van der Waals surface area contributed by atoms with Crippen LogP contribution in [0.3, 0.4) is 0 Å². The molecule has 0 aliphatic heterocycles. The SMILES string of the molecule is CC(C)CC[C@@H](N)c1ccc(Cl)s1.Cl. The van der Waals surface area contributed by atoms with Crippen LogP contribution in [0.1, 0.15) is 37.6 Å². The van der Waals surface area contributed by atoms with Crippen molar-refractivity contribution in [3.63, 3.8) is 0 Å².